The van der Waals surface area contributed by atoms with E-state index in [-0.39, 0.29) is 30.4 Å². The van der Waals surface area contributed by atoms with Crippen LogP contribution in [-0.4, -0.2) is 49.1 Å². The first-order valence-corrected chi connectivity index (χ1v) is 9.40. The number of hydrogen-bond acceptors (Lipinski definition) is 3. The molecule has 25 heavy (non-hydrogen) atoms. The maximum atomic E-state index is 12.6. The number of carbonyl (C=O) groups is 2. The van der Waals surface area contributed by atoms with E-state index in [1.807, 2.05) is 11.8 Å². The molecular weight excluding hydrogens is 316 g/mol. The molecule has 1 heterocycles. The van der Waals surface area contributed by atoms with E-state index in [0.29, 0.717) is 19.7 Å². The summed E-state index contributed by atoms with van der Waals surface area (Å²) in [6, 6.07) is 8.73. The monoisotopic (exact) mass is 344 g/mol. The molecule has 1 unspecified atom stereocenters. The number of ether oxygens (including phenoxy) is 1. The zero-order valence-corrected chi connectivity index (χ0v) is 15.0. The minimum Gasteiger partial charge on any atom is -0.372 e. The number of nitrogens with zero attached hydrogens (tertiary/aromatic N) is 1. The van der Waals surface area contributed by atoms with E-state index in [1.54, 1.807) is 0 Å². The summed E-state index contributed by atoms with van der Waals surface area (Å²) >= 11 is 0. The van der Waals surface area contributed by atoms with Gasteiger partial charge in [-0.05, 0) is 50.2 Å². The van der Waals surface area contributed by atoms with Gasteiger partial charge >= 0.3 is 0 Å². The fourth-order valence-corrected chi connectivity index (χ4v) is 3.81. The normalized spacial score (nSPS) is 20.8. The van der Waals surface area contributed by atoms with Gasteiger partial charge in [0.25, 0.3) is 0 Å². The third kappa shape index (κ3) is 4.60. The number of aryl methyl sites for hydroxylation is 1. The molecule has 1 aliphatic heterocycles. The van der Waals surface area contributed by atoms with Crippen LogP contribution in [0.5, 0.6) is 0 Å². The highest BCUT2D eigenvalue weighted by atomic mass is 16.5. The van der Waals surface area contributed by atoms with Gasteiger partial charge in [0.1, 0.15) is 6.61 Å². The van der Waals surface area contributed by atoms with Crippen molar-refractivity contribution in [2.75, 3.05) is 26.3 Å². The van der Waals surface area contributed by atoms with Gasteiger partial charge in [0.2, 0.25) is 11.8 Å². The molecule has 1 N–H and O–H groups in total. The van der Waals surface area contributed by atoms with Crippen LogP contribution in [0.4, 0.5) is 0 Å². The van der Waals surface area contributed by atoms with Crippen LogP contribution in [0.25, 0.3) is 0 Å². The topological polar surface area (TPSA) is 58.6 Å². The summed E-state index contributed by atoms with van der Waals surface area (Å²) in [6.45, 7) is 3.88. The Hall–Kier alpha value is -1.88. The molecule has 1 aliphatic carbocycles. The van der Waals surface area contributed by atoms with Gasteiger partial charge in [0.05, 0.1) is 0 Å². The van der Waals surface area contributed by atoms with Crippen molar-refractivity contribution in [1.82, 2.24) is 10.2 Å². The van der Waals surface area contributed by atoms with E-state index in [2.05, 4.69) is 29.6 Å². The molecule has 0 bridgehead atoms. The van der Waals surface area contributed by atoms with Crippen molar-refractivity contribution in [1.29, 1.82) is 0 Å². The summed E-state index contributed by atoms with van der Waals surface area (Å²) in [5.41, 5.74) is 2.77. The highest BCUT2D eigenvalue weighted by molar-refractivity contribution is 5.80. The van der Waals surface area contributed by atoms with Crippen molar-refractivity contribution < 1.29 is 14.3 Å². The predicted molar refractivity (Wildman–Crippen MR) is 96.2 cm³/mol. The minimum absolute atomic E-state index is 0.0216. The molecule has 1 aromatic rings. The molecule has 0 saturated carbocycles. The Bertz CT molecular complexity index is 609. The van der Waals surface area contributed by atoms with Crippen LogP contribution in [0.1, 0.15) is 37.3 Å². The maximum absolute atomic E-state index is 12.6. The SMILES string of the molecule is CCOCC(=O)N1CCC(C(=O)NC2CCc3ccccc3C2)CC1. The molecule has 0 spiro atoms. The molecule has 0 radical (unpaired) electrons. The summed E-state index contributed by atoms with van der Waals surface area (Å²) in [5, 5.41) is 3.24. The summed E-state index contributed by atoms with van der Waals surface area (Å²) < 4.78 is 5.18. The lowest BCUT2D eigenvalue weighted by Crippen LogP contribution is -2.47. The molecule has 2 aliphatic rings. The fourth-order valence-electron chi connectivity index (χ4n) is 3.81. The molecule has 1 saturated heterocycles. The number of fused-ring (bicyclic) bond motifs is 1. The molecule has 5 heteroatoms. The third-order valence-electron chi connectivity index (χ3n) is 5.34. The zero-order valence-electron chi connectivity index (χ0n) is 15.0. The molecule has 3 rings (SSSR count). The molecular formula is C20H28N2O3. The second-order valence-electron chi connectivity index (χ2n) is 7.01. The Morgan fingerprint density at radius 3 is 2.60 bits per heavy atom. The Kier molecular flexibility index (Phi) is 6.08. The predicted octanol–water partition coefficient (Wildman–Crippen LogP) is 1.94. The number of hydrogen-bond donors (Lipinski definition) is 1. The van der Waals surface area contributed by atoms with Crippen molar-refractivity contribution in [3.63, 3.8) is 0 Å². The van der Waals surface area contributed by atoms with Gasteiger partial charge in [-0.3, -0.25) is 9.59 Å². The largest absolute Gasteiger partial charge is 0.372 e. The van der Waals surface area contributed by atoms with Gasteiger partial charge in [-0.1, -0.05) is 24.3 Å². The number of amides is 2. The third-order valence-corrected chi connectivity index (χ3v) is 5.34. The van der Waals surface area contributed by atoms with Gasteiger partial charge in [0, 0.05) is 31.7 Å². The molecule has 1 aromatic carbocycles. The lowest BCUT2D eigenvalue weighted by atomic mass is 9.87. The minimum atomic E-state index is 0.0216. The van der Waals surface area contributed by atoms with Crippen molar-refractivity contribution in [2.45, 2.75) is 45.1 Å². The molecule has 136 valence electrons. The molecule has 1 atom stereocenters. The Labute approximate surface area is 149 Å². The van der Waals surface area contributed by atoms with Crippen LogP contribution in [0.2, 0.25) is 0 Å². The standard InChI is InChI=1S/C20H28N2O3/c1-2-25-14-19(23)22-11-9-16(10-12-22)20(24)21-18-8-7-15-5-3-4-6-17(15)13-18/h3-6,16,18H,2,7-14H2,1H3,(H,21,24). The molecule has 0 aromatic heterocycles. The van der Waals surface area contributed by atoms with Gasteiger partial charge in [-0.25, -0.2) is 0 Å². The van der Waals surface area contributed by atoms with Gasteiger partial charge in [0.15, 0.2) is 0 Å². The van der Waals surface area contributed by atoms with Gasteiger partial charge in [-0.2, -0.15) is 0 Å². The summed E-state index contributed by atoms with van der Waals surface area (Å²) in [7, 11) is 0. The first-order valence-electron chi connectivity index (χ1n) is 9.40. The van der Waals surface area contributed by atoms with Crippen molar-refractivity contribution >= 4 is 11.8 Å². The van der Waals surface area contributed by atoms with Crippen LogP contribution in [0.3, 0.4) is 0 Å². The highest BCUT2D eigenvalue weighted by Crippen LogP contribution is 2.23. The van der Waals surface area contributed by atoms with Crippen LogP contribution in [-0.2, 0) is 27.2 Å². The smallest absolute Gasteiger partial charge is 0.248 e. The van der Waals surface area contributed by atoms with E-state index in [0.717, 1.165) is 32.1 Å². The van der Waals surface area contributed by atoms with E-state index in [4.69, 9.17) is 4.74 Å². The lowest BCUT2D eigenvalue weighted by molar-refractivity contribution is -0.139. The molecule has 1 fully saturated rings. The van der Waals surface area contributed by atoms with Crippen LogP contribution in [0, 0.1) is 5.92 Å². The Morgan fingerprint density at radius 1 is 1.16 bits per heavy atom. The number of rotatable bonds is 5. The molecule has 2 amide bonds. The van der Waals surface area contributed by atoms with Gasteiger partial charge < -0.3 is 15.0 Å². The average molecular weight is 344 g/mol. The maximum Gasteiger partial charge on any atom is 0.248 e. The van der Waals surface area contributed by atoms with Crippen molar-refractivity contribution in [2.24, 2.45) is 5.92 Å². The van der Waals surface area contributed by atoms with E-state index in [1.165, 1.54) is 11.1 Å². The Balaban J connectivity index is 1.45. The van der Waals surface area contributed by atoms with E-state index >= 15 is 0 Å². The first kappa shape index (κ1) is 17.9. The van der Waals surface area contributed by atoms with Crippen molar-refractivity contribution in [3.05, 3.63) is 35.4 Å². The van der Waals surface area contributed by atoms with Crippen LogP contribution < -0.4 is 5.32 Å². The van der Waals surface area contributed by atoms with Gasteiger partial charge in [-0.15, -0.1) is 0 Å². The van der Waals surface area contributed by atoms with Crippen LogP contribution in [0.15, 0.2) is 24.3 Å². The van der Waals surface area contributed by atoms with E-state index in [9.17, 15) is 9.59 Å². The number of nitrogens with one attached hydrogen (secondary N) is 1. The Morgan fingerprint density at radius 2 is 1.88 bits per heavy atom. The summed E-state index contributed by atoms with van der Waals surface area (Å²) in [5.74, 6) is 0.208. The number of carbonyl (C=O) groups excluding carboxylic acids is 2. The zero-order chi connectivity index (χ0) is 17.6. The fraction of sp³-hybridized carbons (Fsp3) is 0.600. The number of piperidine rings is 1. The lowest BCUT2D eigenvalue weighted by Gasteiger charge is -2.33. The quantitative estimate of drug-likeness (QED) is 0.888. The number of benzene rings is 1. The van der Waals surface area contributed by atoms with Crippen LogP contribution >= 0.6 is 0 Å². The highest BCUT2D eigenvalue weighted by Gasteiger charge is 2.29. The average Bonchev–Trinajstić information content (AvgIpc) is 2.66. The van der Waals surface area contributed by atoms with E-state index < -0.39 is 0 Å². The molecule has 5 nitrogen and oxygen atoms in total. The second kappa shape index (κ2) is 8.48. The summed E-state index contributed by atoms with van der Waals surface area (Å²) in [6.07, 6.45) is 4.45. The number of likely N-dealkylation sites (tertiary alicyclic amines) is 1. The summed E-state index contributed by atoms with van der Waals surface area (Å²) in [4.78, 5) is 26.4. The second-order valence-corrected chi connectivity index (χ2v) is 7.01. The van der Waals surface area contributed by atoms with Crippen molar-refractivity contribution in [3.8, 4) is 0 Å². The first-order chi connectivity index (χ1) is 12.2.